The van der Waals surface area contributed by atoms with Gasteiger partial charge in [-0.3, -0.25) is 0 Å². The van der Waals surface area contributed by atoms with E-state index in [0.29, 0.717) is 0 Å². The summed E-state index contributed by atoms with van der Waals surface area (Å²) in [5, 5.41) is 0. The molecule has 0 aliphatic rings. The number of nitrogens with zero attached hydrogens (tertiary/aromatic N) is 1. The van der Waals surface area contributed by atoms with E-state index in [1.807, 2.05) is 0 Å². The third-order valence-corrected chi connectivity index (χ3v) is 3.24. The number of halogens is 6. The smallest absolute Gasteiger partial charge is 0.434 e. The minimum atomic E-state index is -5.27. The van der Waals surface area contributed by atoms with Crippen molar-refractivity contribution in [3.8, 4) is 0 Å². The van der Waals surface area contributed by atoms with E-state index < -0.39 is 57.1 Å². The molecule has 0 aromatic carbocycles. The van der Waals surface area contributed by atoms with Crippen LogP contribution in [0.1, 0.15) is 51.0 Å². The highest BCUT2D eigenvalue weighted by Crippen LogP contribution is 2.40. The van der Waals surface area contributed by atoms with Crippen LogP contribution >= 0.6 is 15.9 Å². The monoisotopic (exact) mass is 431 g/mol. The molecule has 1 heterocycles. The van der Waals surface area contributed by atoms with E-state index in [-0.39, 0.29) is 6.61 Å². The number of rotatable bonds is 5. The topological polar surface area (TPSA) is 65.5 Å². The summed E-state index contributed by atoms with van der Waals surface area (Å²) in [7, 11) is 0.833. The number of esters is 2. The van der Waals surface area contributed by atoms with Gasteiger partial charge in [0.05, 0.1) is 24.8 Å². The van der Waals surface area contributed by atoms with Gasteiger partial charge in [-0.25, -0.2) is 23.4 Å². The van der Waals surface area contributed by atoms with Crippen LogP contribution in [0.4, 0.5) is 22.0 Å². The van der Waals surface area contributed by atoms with Gasteiger partial charge < -0.3 is 9.47 Å². The number of aromatic nitrogens is 1. The number of hydrogen-bond acceptors (Lipinski definition) is 5. The highest BCUT2D eigenvalue weighted by molar-refractivity contribution is 9.15. The molecule has 1 rings (SSSR count). The largest absolute Gasteiger partial charge is 0.465 e. The Morgan fingerprint density at radius 3 is 2.12 bits per heavy atom. The third kappa shape index (κ3) is 4.33. The van der Waals surface area contributed by atoms with Gasteiger partial charge in [-0.2, -0.15) is 13.2 Å². The van der Waals surface area contributed by atoms with Crippen LogP contribution in [0.2, 0.25) is 0 Å². The van der Waals surface area contributed by atoms with Gasteiger partial charge in [0.25, 0.3) is 6.43 Å². The van der Waals surface area contributed by atoms with Gasteiger partial charge in [0.15, 0.2) is 5.69 Å². The summed E-state index contributed by atoms with van der Waals surface area (Å²) in [5.74, 6) is -2.90. The van der Waals surface area contributed by atoms with Crippen molar-refractivity contribution >= 4 is 32.4 Å². The Hall–Kier alpha value is -2.04. The van der Waals surface area contributed by atoms with E-state index in [4.69, 9.17) is 0 Å². The Morgan fingerprint density at radius 1 is 1.20 bits per heavy atom. The molecule has 0 aliphatic heterocycles. The van der Waals surface area contributed by atoms with Crippen LogP contribution in [0, 0.1) is 0 Å². The predicted molar refractivity (Wildman–Crippen MR) is 79.5 cm³/mol. The molecule has 0 saturated heterocycles. The van der Waals surface area contributed by atoms with Crippen LogP contribution in [0.5, 0.6) is 0 Å². The number of carbonyl (C=O) groups excluding carboxylic acids is 2. The Morgan fingerprint density at radius 2 is 1.76 bits per heavy atom. The number of methoxy groups -OCH3 is 1. The summed E-state index contributed by atoms with van der Waals surface area (Å²) in [6.45, 7) is 4.32. The summed E-state index contributed by atoms with van der Waals surface area (Å²) in [5.41, 5.74) is -6.42. The lowest BCUT2D eigenvalue weighted by atomic mass is 9.97. The molecule has 0 bridgehead atoms. The van der Waals surface area contributed by atoms with E-state index in [2.05, 4.69) is 37.0 Å². The van der Waals surface area contributed by atoms with E-state index in [0.717, 1.165) is 7.11 Å². The van der Waals surface area contributed by atoms with Crippen molar-refractivity contribution in [3.05, 3.63) is 34.7 Å². The van der Waals surface area contributed by atoms with E-state index in [1.165, 1.54) is 6.92 Å². The molecule has 0 spiro atoms. The van der Waals surface area contributed by atoms with Crippen LogP contribution in [0.15, 0.2) is 6.58 Å². The number of alkyl halides is 5. The molecule has 25 heavy (non-hydrogen) atoms. The van der Waals surface area contributed by atoms with Crippen LogP contribution in [0.25, 0.3) is 4.48 Å². The molecule has 0 atom stereocenters. The molecule has 0 saturated carbocycles. The predicted octanol–water partition coefficient (Wildman–Crippen LogP) is 4.37. The summed E-state index contributed by atoms with van der Waals surface area (Å²) in [4.78, 5) is 26.7. The highest BCUT2D eigenvalue weighted by atomic mass is 79.9. The van der Waals surface area contributed by atoms with Crippen LogP contribution < -0.4 is 0 Å². The second-order valence-electron chi connectivity index (χ2n) is 4.39. The maximum atomic E-state index is 13.3. The van der Waals surface area contributed by atoms with Gasteiger partial charge in [0.2, 0.25) is 0 Å². The quantitative estimate of drug-likeness (QED) is 0.511. The third-order valence-electron chi connectivity index (χ3n) is 2.84. The van der Waals surface area contributed by atoms with Crippen LogP contribution in [-0.4, -0.2) is 30.6 Å². The van der Waals surface area contributed by atoms with Crippen molar-refractivity contribution in [1.82, 2.24) is 4.98 Å². The molecular weight excluding hydrogens is 421 g/mol. The number of pyridine rings is 1. The summed E-state index contributed by atoms with van der Waals surface area (Å²) < 4.78 is 74.7. The fourth-order valence-corrected chi connectivity index (χ4v) is 2.35. The van der Waals surface area contributed by atoms with Gasteiger partial charge in [-0.05, 0) is 6.92 Å². The summed E-state index contributed by atoms with van der Waals surface area (Å²) in [6.07, 6.45) is -8.81. The van der Waals surface area contributed by atoms with Crippen molar-refractivity contribution in [2.45, 2.75) is 19.5 Å². The highest BCUT2D eigenvalue weighted by Gasteiger charge is 2.43. The Balaban J connectivity index is 4.10. The van der Waals surface area contributed by atoms with Gasteiger partial charge in [-0.1, -0.05) is 22.5 Å². The van der Waals surface area contributed by atoms with Crippen molar-refractivity contribution in [2.75, 3.05) is 13.7 Å². The van der Waals surface area contributed by atoms with Crippen molar-refractivity contribution in [2.24, 2.45) is 0 Å². The Labute approximate surface area is 146 Å². The first kappa shape index (κ1) is 21.0. The zero-order valence-electron chi connectivity index (χ0n) is 12.8. The van der Waals surface area contributed by atoms with Gasteiger partial charge in [0.1, 0.15) is 5.69 Å². The minimum absolute atomic E-state index is 0.297. The maximum Gasteiger partial charge on any atom is 0.434 e. The summed E-state index contributed by atoms with van der Waals surface area (Å²) >= 11 is 2.74. The molecule has 1 aromatic heterocycles. The molecule has 0 amide bonds. The number of ether oxygens (including phenoxy) is 2. The minimum Gasteiger partial charge on any atom is -0.465 e. The van der Waals surface area contributed by atoms with Crippen molar-refractivity contribution in [1.29, 1.82) is 0 Å². The lowest BCUT2D eigenvalue weighted by Crippen LogP contribution is -2.24. The van der Waals surface area contributed by atoms with E-state index >= 15 is 0 Å². The Bertz CT molecular complexity index is 718. The molecule has 5 nitrogen and oxygen atoms in total. The van der Waals surface area contributed by atoms with E-state index in [1.54, 1.807) is 0 Å². The molecule has 138 valence electrons. The fraction of sp³-hybridized carbons (Fsp3) is 0.357. The van der Waals surface area contributed by atoms with Crippen LogP contribution in [-0.2, 0) is 15.7 Å². The van der Waals surface area contributed by atoms with Gasteiger partial charge in [0, 0.05) is 10.0 Å². The lowest BCUT2D eigenvalue weighted by molar-refractivity contribution is -0.142. The average Bonchev–Trinajstić information content (AvgIpc) is 2.50. The molecule has 11 heteroatoms. The lowest BCUT2D eigenvalue weighted by Gasteiger charge is -2.20. The first-order chi connectivity index (χ1) is 11.5. The van der Waals surface area contributed by atoms with E-state index in [9.17, 15) is 31.5 Å². The second kappa shape index (κ2) is 7.89. The average molecular weight is 432 g/mol. The standard InChI is InChI=1S/C14H11BrF5NO4/c1-4-25-13(23)8-6(5(2)15)7(12(22)24-3)9(11(16)17)21-10(8)14(18,19)20/h11H,2,4H2,1,3H3. The normalized spacial score (nSPS) is 11.4. The first-order valence-electron chi connectivity index (χ1n) is 6.50. The molecule has 0 N–H and O–H groups in total. The second-order valence-corrected chi connectivity index (χ2v) is 5.34. The number of carbonyl (C=O) groups is 2. The first-order valence-corrected chi connectivity index (χ1v) is 7.30. The van der Waals surface area contributed by atoms with Crippen LogP contribution in [0.3, 0.4) is 0 Å². The maximum absolute atomic E-state index is 13.3. The van der Waals surface area contributed by atoms with Gasteiger partial charge in [-0.15, -0.1) is 0 Å². The zero-order valence-corrected chi connectivity index (χ0v) is 14.4. The zero-order chi connectivity index (χ0) is 19.5. The van der Waals surface area contributed by atoms with Gasteiger partial charge >= 0.3 is 18.1 Å². The molecule has 0 radical (unpaired) electrons. The van der Waals surface area contributed by atoms with Crippen molar-refractivity contribution < 1.29 is 41.0 Å². The fourth-order valence-electron chi connectivity index (χ4n) is 1.95. The molecule has 0 aliphatic carbocycles. The summed E-state index contributed by atoms with van der Waals surface area (Å²) in [6, 6.07) is 0. The SMILES string of the molecule is C=C(Br)c1c(C(=O)OC)c(C(F)F)nc(C(F)(F)F)c1C(=O)OCC. The number of hydrogen-bond donors (Lipinski definition) is 0. The molecular formula is C14H11BrF5NO4. The molecule has 0 unspecified atom stereocenters. The molecule has 0 fully saturated rings. The van der Waals surface area contributed by atoms with Crippen molar-refractivity contribution in [3.63, 3.8) is 0 Å². The Kier molecular flexibility index (Phi) is 6.63. The molecule has 1 aromatic rings.